The Morgan fingerprint density at radius 1 is 0.879 bits per heavy atom. The van der Waals surface area contributed by atoms with Crippen molar-refractivity contribution >= 4 is 17.6 Å². The molecular formula is C26H27NO6. The van der Waals surface area contributed by atoms with E-state index in [-0.39, 0.29) is 17.4 Å². The third-order valence-corrected chi connectivity index (χ3v) is 5.09. The minimum atomic E-state index is -0.299. The van der Waals surface area contributed by atoms with Crippen LogP contribution in [0.25, 0.3) is 11.6 Å². The maximum atomic E-state index is 13.3. The number of amides is 1. The van der Waals surface area contributed by atoms with Gasteiger partial charge in [-0.05, 0) is 66.1 Å². The fourth-order valence-corrected chi connectivity index (χ4v) is 3.32. The lowest BCUT2D eigenvalue weighted by atomic mass is 10.00. The number of phenolic OH excluding ortho intramolecular Hbond substituents is 2. The molecule has 3 rings (SSSR count). The van der Waals surface area contributed by atoms with Crippen LogP contribution in [0.2, 0.25) is 0 Å². The van der Waals surface area contributed by atoms with Gasteiger partial charge in [0.05, 0.1) is 26.9 Å². The summed E-state index contributed by atoms with van der Waals surface area (Å²) in [5, 5.41) is 22.3. The number of carbonyl (C=O) groups is 1. The van der Waals surface area contributed by atoms with Gasteiger partial charge in [-0.2, -0.15) is 0 Å². The molecule has 7 heteroatoms. The highest BCUT2D eigenvalue weighted by atomic mass is 16.5. The Morgan fingerprint density at radius 2 is 1.61 bits per heavy atom. The van der Waals surface area contributed by atoms with Crippen LogP contribution in [0.1, 0.15) is 16.7 Å². The Kier molecular flexibility index (Phi) is 7.81. The molecule has 0 fully saturated rings. The van der Waals surface area contributed by atoms with Crippen molar-refractivity contribution < 1.29 is 29.2 Å². The normalized spacial score (nSPS) is 11.1. The SMILES string of the molecule is COc1ccc(OC)c(C(=Cc2ccc(O)c(OC)c2)C(=O)NCCc2ccc(O)cc2)c1. The highest BCUT2D eigenvalue weighted by Crippen LogP contribution is 2.33. The molecule has 0 atom stereocenters. The third kappa shape index (κ3) is 5.98. The van der Waals surface area contributed by atoms with Crippen LogP contribution in [0.5, 0.6) is 28.7 Å². The van der Waals surface area contributed by atoms with E-state index in [1.54, 1.807) is 55.7 Å². The molecule has 0 saturated heterocycles. The monoisotopic (exact) mass is 449 g/mol. The van der Waals surface area contributed by atoms with Gasteiger partial charge in [-0.25, -0.2) is 0 Å². The number of carbonyl (C=O) groups excluding carboxylic acids is 1. The molecule has 33 heavy (non-hydrogen) atoms. The van der Waals surface area contributed by atoms with Gasteiger partial charge >= 0.3 is 0 Å². The summed E-state index contributed by atoms with van der Waals surface area (Å²) in [5.74, 6) is 1.30. The van der Waals surface area contributed by atoms with Crippen molar-refractivity contribution in [3.8, 4) is 28.7 Å². The Bertz CT molecular complexity index is 1140. The summed E-state index contributed by atoms with van der Waals surface area (Å²) in [7, 11) is 4.55. The summed E-state index contributed by atoms with van der Waals surface area (Å²) >= 11 is 0. The zero-order chi connectivity index (χ0) is 23.8. The zero-order valence-corrected chi connectivity index (χ0v) is 18.8. The van der Waals surface area contributed by atoms with Crippen molar-refractivity contribution in [3.63, 3.8) is 0 Å². The van der Waals surface area contributed by atoms with Crippen molar-refractivity contribution in [1.29, 1.82) is 0 Å². The Morgan fingerprint density at radius 3 is 2.27 bits per heavy atom. The van der Waals surface area contributed by atoms with Crippen LogP contribution < -0.4 is 19.5 Å². The molecule has 0 aliphatic heterocycles. The summed E-state index contributed by atoms with van der Waals surface area (Å²) < 4.78 is 16.0. The summed E-state index contributed by atoms with van der Waals surface area (Å²) in [6.07, 6.45) is 2.30. The number of hydrogen-bond donors (Lipinski definition) is 3. The van der Waals surface area contributed by atoms with E-state index < -0.39 is 0 Å². The van der Waals surface area contributed by atoms with Gasteiger partial charge in [-0.3, -0.25) is 4.79 Å². The van der Waals surface area contributed by atoms with Crippen LogP contribution >= 0.6 is 0 Å². The molecule has 0 bridgehead atoms. The number of methoxy groups -OCH3 is 3. The van der Waals surface area contributed by atoms with Gasteiger partial charge in [0.15, 0.2) is 11.5 Å². The number of nitrogens with one attached hydrogen (secondary N) is 1. The van der Waals surface area contributed by atoms with Crippen LogP contribution in [-0.4, -0.2) is 44.0 Å². The number of aromatic hydroxyl groups is 2. The lowest BCUT2D eigenvalue weighted by Gasteiger charge is -2.15. The molecule has 3 N–H and O–H groups in total. The van der Waals surface area contributed by atoms with E-state index in [9.17, 15) is 15.0 Å². The molecule has 0 radical (unpaired) electrons. The van der Waals surface area contributed by atoms with Gasteiger partial charge in [-0.1, -0.05) is 18.2 Å². The van der Waals surface area contributed by atoms with E-state index >= 15 is 0 Å². The number of phenols is 2. The maximum absolute atomic E-state index is 13.3. The van der Waals surface area contributed by atoms with Crippen LogP contribution in [-0.2, 0) is 11.2 Å². The predicted molar refractivity (Wildman–Crippen MR) is 127 cm³/mol. The highest BCUT2D eigenvalue weighted by molar-refractivity contribution is 6.25. The van der Waals surface area contributed by atoms with E-state index in [4.69, 9.17) is 14.2 Å². The summed E-state index contributed by atoms with van der Waals surface area (Å²) in [6, 6.07) is 16.9. The molecule has 0 heterocycles. The first-order valence-corrected chi connectivity index (χ1v) is 10.3. The molecule has 0 aromatic heterocycles. The maximum Gasteiger partial charge on any atom is 0.252 e. The van der Waals surface area contributed by atoms with E-state index in [1.807, 2.05) is 12.1 Å². The van der Waals surface area contributed by atoms with Crippen molar-refractivity contribution in [2.45, 2.75) is 6.42 Å². The number of benzene rings is 3. The molecule has 3 aromatic rings. The summed E-state index contributed by atoms with van der Waals surface area (Å²) in [4.78, 5) is 13.3. The van der Waals surface area contributed by atoms with Gasteiger partial charge < -0.3 is 29.7 Å². The van der Waals surface area contributed by atoms with Crippen molar-refractivity contribution in [1.82, 2.24) is 5.32 Å². The van der Waals surface area contributed by atoms with Crippen molar-refractivity contribution in [2.24, 2.45) is 0 Å². The second-order valence-electron chi connectivity index (χ2n) is 7.23. The van der Waals surface area contributed by atoms with Gasteiger partial charge in [0, 0.05) is 12.1 Å². The quantitative estimate of drug-likeness (QED) is 0.337. The highest BCUT2D eigenvalue weighted by Gasteiger charge is 2.18. The minimum absolute atomic E-state index is 0.00788. The lowest BCUT2D eigenvalue weighted by molar-refractivity contribution is -0.115. The Balaban J connectivity index is 1.94. The first kappa shape index (κ1) is 23.5. The van der Waals surface area contributed by atoms with Gasteiger partial charge in [0.2, 0.25) is 0 Å². The molecule has 172 valence electrons. The number of ether oxygens (including phenoxy) is 3. The van der Waals surface area contributed by atoms with Gasteiger partial charge in [0.25, 0.3) is 5.91 Å². The standard InChI is InChI=1S/C26H27NO6/c1-31-20-9-11-24(32-2)21(16-20)22(14-18-6-10-23(29)25(15-18)33-3)26(30)27-13-12-17-4-7-19(28)8-5-17/h4-11,14-16,28-29H,12-13H2,1-3H3,(H,27,30). The topological polar surface area (TPSA) is 97.3 Å². The zero-order valence-electron chi connectivity index (χ0n) is 18.8. The Hall–Kier alpha value is -4.13. The largest absolute Gasteiger partial charge is 0.508 e. The van der Waals surface area contributed by atoms with Gasteiger partial charge in [-0.15, -0.1) is 0 Å². The molecule has 0 unspecified atom stereocenters. The average molecular weight is 450 g/mol. The molecular weight excluding hydrogens is 422 g/mol. The number of rotatable bonds is 9. The Labute approximate surface area is 192 Å². The second kappa shape index (κ2) is 10.9. The molecule has 3 aromatic carbocycles. The van der Waals surface area contributed by atoms with E-state index in [1.165, 1.54) is 20.3 Å². The average Bonchev–Trinajstić information content (AvgIpc) is 2.84. The molecule has 0 aliphatic carbocycles. The summed E-state index contributed by atoms with van der Waals surface area (Å²) in [5.41, 5.74) is 2.58. The van der Waals surface area contributed by atoms with Crippen LogP contribution in [0.15, 0.2) is 60.7 Å². The molecule has 1 amide bonds. The molecule has 0 aliphatic rings. The summed E-state index contributed by atoms with van der Waals surface area (Å²) in [6.45, 7) is 0.395. The molecule has 0 saturated carbocycles. The first-order chi connectivity index (χ1) is 15.9. The van der Waals surface area contributed by atoms with E-state index in [2.05, 4.69) is 5.32 Å². The van der Waals surface area contributed by atoms with Crippen LogP contribution in [0.4, 0.5) is 0 Å². The fraction of sp³-hybridized carbons (Fsp3) is 0.192. The third-order valence-electron chi connectivity index (χ3n) is 5.09. The number of hydrogen-bond acceptors (Lipinski definition) is 6. The van der Waals surface area contributed by atoms with Gasteiger partial charge in [0.1, 0.15) is 17.2 Å². The smallest absolute Gasteiger partial charge is 0.252 e. The van der Waals surface area contributed by atoms with Crippen LogP contribution in [0.3, 0.4) is 0 Å². The van der Waals surface area contributed by atoms with Crippen molar-refractivity contribution in [2.75, 3.05) is 27.9 Å². The lowest BCUT2D eigenvalue weighted by Crippen LogP contribution is -2.26. The van der Waals surface area contributed by atoms with E-state index in [0.29, 0.717) is 46.9 Å². The van der Waals surface area contributed by atoms with E-state index in [0.717, 1.165) is 5.56 Å². The van der Waals surface area contributed by atoms with Crippen LogP contribution in [0, 0.1) is 0 Å². The van der Waals surface area contributed by atoms with Crippen molar-refractivity contribution in [3.05, 3.63) is 77.4 Å². The molecule has 0 spiro atoms. The molecule has 7 nitrogen and oxygen atoms in total. The predicted octanol–water partition coefficient (Wildman–Crippen LogP) is 4.02. The first-order valence-electron chi connectivity index (χ1n) is 10.3. The second-order valence-corrected chi connectivity index (χ2v) is 7.23. The minimum Gasteiger partial charge on any atom is -0.508 e. The fourth-order valence-electron chi connectivity index (χ4n) is 3.32.